The summed E-state index contributed by atoms with van der Waals surface area (Å²) in [6, 6.07) is 7.31. The van der Waals surface area contributed by atoms with E-state index >= 15 is 0 Å². The maximum atomic E-state index is 12.5. The highest BCUT2D eigenvalue weighted by Gasteiger charge is 2.37. The number of carbonyl (C=O) groups excluding carboxylic acids is 2. The molecule has 1 aromatic heterocycles. The van der Waals surface area contributed by atoms with Crippen molar-refractivity contribution >= 4 is 28.5 Å². The molecule has 7 heteroatoms. The van der Waals surface area contributed by atoms with Gasteiger partial charge in [0.15, 0.2) is 5.82 Å². The molecular weight excluding hydrogens is 320 g/mol. The Morgan fingerprint density at radius 3 is 2.96 bits per heavy atom. The van der Waals surface area contributed by atoms with Gasteiger partial charge in [-0.15, -0.1) is 0 Å². The van der Waals surface area contributed by atoms with Crippen molar-refractivity contribution in [3.63, 3.8) is 0 Å². The summed E-state index contributed by atoms with van der Waals surface area (Å²) in [6.07, 6.45) is 1.02. The summed E-state index contributed by atoms with van der Waals surface area (Å²) in [5.41, 5.74) is 0.857. The fourth-order valence-corrected chi connectivity index (χ4v) is 3.20. The van der Waals surface area contributed by atoms with Crippen LogP contribution < -0.4 is 10.2 Å². The lowest BCUT2D eigenvalue weighted by Crippen LogP contribution is -2.45. The van der Waals surface area contributed by atoms with E-state index in [1.807, 2.05) is 38.1 Å². The number of aromatic amines is 1. The molecule has 1 fully saturated rings. The van der Waals surface area contributed by atoms with Crippen LogP contribution in [0.4, 0.5) is 5.82 Å². The topological polar surface area (TPSA) is 98.3 Å². The number of nitrogens with zero attached hydrogens (tertiary/aromatic N) is 2. The van der Waals surface area contributed by atoms with Crippen molar-refractivity contribution in [2.24, 2.45) is 11.8 Å². The number of benzene rings is 1. The largest absolute Gasteiger partial charge is 0.394 e. The third-order valence-corrected chi connectivity index (χ3v) is 5.06. The van der Waals surface area contributed by atoms with E-state index in [0.717, 1.165) is 17.3 Å². The first-order valence-electron chi connectivity index (χ1n) is 8.69. The summed E-state index contributed by atoms with van der Waals surface area (Å²) in [7, 11) is 0. The van der Waals surface area contributed by atoms with Gasteiger partial charge >= 0.3 is 0 Å². The Hall–Kier alpha value is -2.41. The molecule has 1 aromatic carbocycles. The summed E-state index contributed by atoms with van der Waals surface area (Å²) in [5.74, 6) is 0.0200. The quantitative estimate of drug-likeness (QED) is 0.738. The van der Waals surface area contributed by atoms with E-state index in [2.05, 4.69) is 15.5 Å². The lowest BCUT2D eigenvalue weighted by Gasteiger charge is -2.23. The average Bonchev–Trinajstić information content (AvgIpc) is 3.22. The molecule has 3 atom stereocenters. The zero-order valence-electron chi connectivity index (χ0n) is 14.5. The molecule has 0 bridgehead atoms. The Labute approximate surface area is 146 Å². The molecule has 25 heavy (non-hydrogen) atoms. The van der Waals surface area contributed by atoms with Gasteiger partial charge in [0.25, 0.3) is 0 Å². The number of hydrogen-bond acceptors (Lipinski definition) is 4. The van der Waals surface area contributed by atoms with Crippen molar-refractivity contribution in [1.29, 1.82) is 0 Å². The van der Waals surface area contributed by atoms with Crippen LogP contribution in [0.25, 0.3) is 10.9 Å². The van der Waals surface area contributed by atoms with Crippen molar-refractivity contribution in [1.82, 2.24) is 15.5 Å². The molecule has 0 radical (unpaired) electrons. The number of hydrogen-bond donors (Lipinski definition) is 3. The number of aromatic nitrogens is 2. The Morgan fingerprint density at radius 2 is 2.24 bits per heavy atom. The predicted octanol–water partition coefficient (Wildman–Crippen LogP) is 1.44. The van der Waals surface area contributed by atoms with Gasteiger partial charge in [-0.1, -0.05) is 32.4 Å². The molecule has 2 heterocycles. The molecule has 3 rings (SSSR count). The summed E-state index contributed by atoms with van der Waals surface area (Å²) in [6.45, 7) is 4.21. The second kappa shape index (κ2) is 7.23. The Bertz CT molecular complexity index is 773. The highest BCUT2D eigenvalue weighted by Crippen LogP contribution is 2.29. The second-order valence-electron chi connectivity index (χ2n) is 6.68. The molecule has 3 N–H and O–H groups in total. The van der Waals surface area contributed by atoms with E-state index in [-0.39, 0.29) is 36.8 Å². The number of aliphatic hydroxyl groups is 1. The molecule has 1 saturated heterocycles. The number of para-hydroxylation sites is 1. The summed E-state index contributed by atoms with van der Waals surface area (Å²) < 4.78 is 0. The van der Waals surface area contributed by atoms with Crippen LogP contribution in [0.1, 0.15) is 26.7 Å². The Balaban J connectivity index is 1.73. The van der Waals surface area contributed by atoms with Gasteiger partial charge in [-0.3, -0.25) is 19.6 Å². The lowest BCUT2D eigenvalue weighted by atomic mass is 9.98. The summed E-state index contributed by atoms with van der Waals surface area (Å²) >= 11 is 0. The minimum absolute atomic E-state index is 0.102. The summed E-state index contributed by atoms with van der Waals surface area (Å²) in [4.78, 5) is 26.5. The van der Waals surface area contributed by atoms with Crippen molar-refractivity contribution in [2.75, 3.05) is 18.1 Å². The number of amides is 2. The van der Waals surface area contributed by atoms with Crippen LogP contribution in [0.2, 0.25) is 0 Å². The number of H-pyrrole nitrogens is 1. The van der Waals surface area contributed by atoms with Crippen LogP contribution in [-0.4, -0.2) is 46.3 Å². The van der Waals surface area contributed by atoms with E-state index in [1.165, 1.54) is 0 Å². The van der Waals surface area contributed by atoms with Gasteiger partial charge in [0.2, 0.25) is 11.8 Å². The van der Waals surface area contributed by atoms with Crippen LogP contribution in [-0.2, 0) is 9.59 Å². The van der Waals surface area contributed by atoms with Gasteiger partial charge in [0.1, 0.15) is 0 Å². The van der Waals surface area contributed by atoms with E-state index < -0.39 is 5.92 Å². The molecule has 0 unspecified atom stereocenters. The van der Waals surface area contributed by atoms with E-state index in [9.17, 15) is 14.7 Å². The Kier molecular flexibility index (Phi) is 5.03. The fraction of sp³-hybridized carbons (Fsp3) is 0.500. The van der Waals surface area contributed by atoms with Crippen LogP contribution in [0.5, 0.6) is 0 Å². The number of rotatable bonds is 6. The highest BCUT2D eigenvalue weighted by molar-refractivity contribution is 6.05. The average molecular weight is 344 g/mol. The molecule has 0 aliphatic carbocycles. The van der Waals surface area contributed by atoms with Crippen molar-refractivity contribution < 1.29 is 14.7 Å². The molecule has 1 aliphatic rings. The van der Waals surface area contributed by atoms with E-state index in [4.69, 9.17) is 0 Å². The normalized spacial score (nSPS) is 20.0. The van der Waals surface area contributed by atoms with Gasteiger partial charge in [-0.05, 0) is 18.1 Å². The SMILES string of the molecule is CC[C@H](C)[C@H](CO)NC(=O)[C@H]1CC(=O)N(c2n[nH]c3ccccc23)C1. The number of nitrogens with one attached hydrogen (secondary N) is 2. The maximum absolute atomic E-state index is 12.5. The van der Waals surface area contributed by atoms with Crippen LogP contribution >= 0.6 is 0 Å². The van der Waals surface area contributed by atoms with Gasteiger partial charge < -0.3 is 10.4 Å². The second-order valence-corrected chi connectivity index (χ2v) is 6.68. The number of carbonyl (C=O) groups is 2. The van der Waals surface area contributed by atoms with E-state index in [0.29, 0.717) is 12.4 Å². The molecular formula is C18H24N4O3. The molecule has 1 aliphatic heterocycles. The molecule has 2 amide bonds. The van der Waals surface area contributed by atoms with Gasteiger partial charge in [-0.25, -0.2) is 0 Å². The van der Waals surface area contributed by atoms with Crippen LogP contribution in [0, 0.1) is 11.8 Å². The van der Waals surface area contributed by atoms with Crippen LogP contribution in [0.3, 0.4) is 0 Å². The summed E-state index contributed by atoms with van der Waals surface area (Å²) in [5, 5.41) is 20.4. The van der Waals surface area contributed by atoms with Crippen molar-refractivity contribution in [3.05, 3.63) is 24.3 Å². The van der Waals surface area contributed by atoms with E-state index in [1.54, 1.807) is 4.90 Å². The van der Waals surface area contributed by atoms with Crippen LogP contribution in [0.15, 0.2) is 24.3 Å². The molecule has 134 valence electrons. The molecule has 2 aromatic rings. The number of anilines is 1. The third kappa shape index (κ3) is 3.37. The van der Waals surface area contributed by atoms with Gasteiger partial charge in [-0.2, -0.15) is 5.10 Å². The smallest absolute Gasteiger partial charge is 0.229 e. The van der Waals surface area contributed by atoms with Gasteiger partial charge in [0.05, 0.1) is 24.1 Å². The minimum atomic E-state index is -0.430. The predicted molar refractivity (Wildman–Crippen MR) is 95.0 cm³/mol. The van der Waals surface area contributed by atoms with Gasteiger partial charge in [0, 0.05) is 18.4 Å². The lowest BCUT2D eigenvalue weighted by molar-refractivity contribution is -0.127. The standard InChI is InChI=1S/C18H24N4O3/c1-3-11(2)15(10-23)19-18(25)12-8-16(24)22(9-12)17-13-6-4-5-7-14(13)20-21-17/h4-7,11-12,15,23H,3,8-10H2,1-2H3,(H,19,25)(H,20,21)/t11-,12-,15-/m0/s1. The molecule has 7 nitrogen and oxygen atoms in total. The molecule has 0 spiro atoms. The molecule has 0 saturated carbocycles. The first-order valence-corrected chi connectivity index (χ1v) is 8.69. The fourth-order valence-electron chi connectivity index (χ4n) is 3.20. The van der Waals surface area contributed by atoms with Crippen molar-refractivity contribution in [2.45, 2.75) is 32.7 Å². The number of aliphatic hydroxyl groups excluding tert-OH is 1. The zero-order chi connectivity index (χ0) is 18.0. The number of fused-ring (bicyclic) bond motifs is 1. The maximum Gasteiger partial charge on any atom is 0.229 e. The Morgan fingerprint density at radius 1 is 1.48 bits per heavy atom. The first-order chi connectivity index (χ1) is 12.0. The highest BCUT2D eigenvalue weighted by atomic mass is 16.3. The minimum Gasteiger partial charge on any atom is -0.394 e. The van der Waals surface area contributed by atoms with Crippen molar-refractivity contribution in [3.8, 4) is 0 Å². The zero-order valence-corrected chi connectivity index (χ0v) is 14.5. The third-order valence-electron chi connectivity index (χ3n) is 5.06. The monoisotopic (exact) mass is 344 g/mol. The first kappa shape index (κ1) is 17.4.